The molecular weight excluding hydrogens is 364 g/mol. The zero-order valence-corrected chi connectivity index (χ0v) is 16.1. The number of rotatable bonds is 5. The SMILES string of the molecule is CC(C)[C@H](NS(=O)(=O)c1ccc(C#N)cc1)c1ccc2c(c1)OCCCO2. The minimum absolute atomic E-state index is 0.0166. The van der Waals surface area contributed by atoms with E-state index in [1.165, 1.54) is 24.3 Å². The van der Waals surface area contributed by atoms with Crippen LogP contribution < -0.4 is 14.2 Å². The molecule has 27 heavy (non-hydrogen) atoms. The molecule has 0 unspecified atom stereocenters. The molecule has 0 saturated carbocycles. The second kappa shape index (κ2) is 7.99. The fourth-order valence-corrected chi connectivity index (χ4v) is 4.28. The summed E-state index contributed by atoms with van der Waals surface area (Å²) in [5.41, 5.74) is 1.23. The standard InChI is InChI=1S/C20H22N2O4S/c1-14(2)20(16-6-9-18-19(12-16)26-11-3-10-25-18)22-27(23,24)17-7-4-15(13-21)5-8-17/h4-9,12,14,20,22H,3,10-11H2,1-2H3/t20-/m0/s1. The molecule has 0 aliphatic carbocycles. The van der Waals surface area contributed by atoms with Gasteiger partial charge in [-0.05, 0) is 47.9 Å². The molecule has 0 bridgehead atoms. The summed E-state index contributed by atoms with van der Waals surface area (Å²) in [5.74, 6) is 1.32. The fourth-order valence-electron chi connectivity index (χ4n) is 2.91. The van der Waals surface area contributed by atoms with Crippen LogP contribution in [0, 0.1) is 17.2 Å². The summed E-state index contributed by atoms with van der Waals surface area (Å²) in [6.45, 7) is 5.08. The van der Waals surface area contributed by atoms with E-state index >= 15 is 0 Å². The molecule has 1 N–H and O–H groups in total. The van der Waals surface area contributed by atoms with Crippen molar-refractivity contribution in [3.63, 3.8) is 0 Å². The van der Waals surface area contributed by atoms with Gasteiger partial charge in [-0.25, -0.2) is 13.1 Å². The van der Waals surface area contributed by atoms with Crippen LogP contribution in [-0.2, 0) is 10.0 Å². The number of benzene rings is 2. The van der Waals surface area contributed by atoms with Gasteiger partial charge in [0.25, 0.3) is 0 Å². The molecule has 142 valence electrons. The van der Waals surface area contributed by atoms with Gasteiger partial charge < -0.3 is 9.47 Å². The van der Waals surface area contributed by atoms with Crippen LogP contribution in [0.4, 0.5) is 0 Å². The molecule has 2 aromatic carbocycles. The van der Waals surface area contributed by atoms with E-state index < -0.39 is 16.1 Å². The number of nitriles is 1. The molecular formula is C20H22N2O4S. The Bertz CT molecular complexity index is 947. The quantitative estimate of drug-likeness (QED) is 0.851. The lowest BCUT2D eigenvalue weighted by Crippen LogP contribution is -2.31. The highest BCUT2D eigenvalue weighted by Gasteiger charge is 2.25. The van der Waals surface area contributed by atoms with Crippen molar-refractivity contribution >= 4 is 10.0 Å². The third-order valence-electron chi connectivity index (χ3n) is 4.37. The van der Waals surface area contributed by atoms with Gasteiger partial charge in [-0.3, -0.25) is 0 Å². The van der Waals surface area contributed by atoms with Gasteiger partial charge in [0, 0.05) is 12.5 Å². The maximum Gasteiger partial charge on any atom is 0.241 e. The number of sulfonamides is 1. The maximum atomic E-state index is 12.8. The van der Waals surface area contributed by atoms with Gasteiger partial charge in [-0.1, -0.05) is 19.9 Å². The Labute approximate surface area is 159 Å². The van der Waals surface area contributed by atoms with Crippen LogP contribution in [0.25, 0.3) is 0 Å². The number of fused-ring (bicyclic) bond motifs is 1. The number of ether oxygens (including phenoxy) is 2. The summed E-state index contributed by atoms with van der Waals surface area (Å²) in [6, 6.07) is 12.9. The molecule has 2 aromatic rings. The van der Waals surface area contributed by atoms with E-state index in [0.29, 0.717) is 30.3 Å². The molecule has 0 radical (unpaired) electrons. The third kappa shape index (κ3) is 4.41. The van der Waals surface area contributed by atoms with Crippen molar-refractivity contribution in [1.29, 1.82) is 5.26 Å². The summed E-state index contributed by atoms with van der Waals surface area (Å²) in [6.07, 6.45) is 0.808. The molecule has 7 heteroatoms. The van der Waals surface area contributed by atoms with E-state index in [1.54, 1.807) is 0 Å². The summed E-state index contributed by atoms with van der Waals surface area (Å²) in [4.78, 5) is 0.126. The van der Waals surface area contributed by atoms with Crippen LogP contribution in [-0.4, -0.2) is 21.6 Å². The summed E-state index contributed by atoms with van der Waals surface area (Å²) in [7, 11) is -3.74. The van der Waals surface area contributed by atoms with Crippen molar-refractivity contribution in [3.05, 3.63) is 53.6 Å². The first-order chi connectivity index (χ1) is 12.9. The number of hydrogen-bond acceptors (Lipinski definition) is 5. The van der Waals surface area contributed by atoms with Crippen LogP contribution in [0.15, 0.2) is 47.4 Å². The average molecular weight is 386 g/mol. The van der Waals surface area contributed by atoms with Gasteiger partial charge in [0.1, 0.15) is 0 Å². The van der Waals surface area contributed by atoms with E-state index in [4.69, 9.17) is 14.7 Å². The molecule has 1 aliphatic heterocycles. The third-order valence-corrected chi connectivity index (χ3v) is 5.83. The Morgan fingerprint density at radius 2 is 1.70 bits per heavy atom. The normalized spacial score (nSPS) is 15.0. The first-order valence-electron chi connectivity index (χ1n) is 8.83. The van der Waals surface area contributed by atoms with E-state index in [2.05, 4.69) is 4.72 Å². The molecule has 3 rings (SSSR count). The Kier molecular flexibility index (Phi) is 5.68. The largest absolute Gasteiger partial charge is 0.490 e. The number of hydrogen-bond donors (Lipinski definition) is 1. The van der Waals surface area contributed by atoms with Crippen LogP contribution >= 0.6 is 0 Å². The van der Waals surface area contributed by atoms with Crippen molar-refractivity contribution < 1.29 is 17.9 Å². The molecule has 0 fully saturated rings. The molecule has 1 heterocycles. The second-order valence-electron chi connectivity index (χ2n) is 6.74. The van der Waals surface area contributed by atoms with Crippen molar-refractivity contribution in [2.45, 2.75) is 31.2 Å². The second-order valence-corrected chi connectivity index (χ2v) is 8.45. The van der Waals surface area contributed by atoms with E-state index in [9.17, 15) is 8.42 Å². The molecule has 1 aliphatic rings. The molecule has 0 spiro atoms. The van der Waals surface area contributed by atoms with Crippen molar-refractivity contribution in [3.8, 4) is 17.6 Å². The minimum atomic E-state index is -3.74. The lowest BCUT2D eigenvalue weighted by molar-refractivity contribution is 0.297. The summed E-state index contributed by atoms with van der Waals surface area (Å²) < 4.78 is 39.8. The minimum Gasteiger partial charge on any atom is -0.490 e. The molecule has 6 nitrogen and oxygen atoms in total. The van der Waals surface area contributed by atoms with Gasteiger partial charge in [0.15, 0.2) is 11.5 Å². The van der Waals surface area contributed by atoms with Gasteiger partial charge in [-0.2, -0.15) is 5.26 Å². The van der Waals surface area contributed by atoms with Gasteiger partial charge in [-0.15, -0.1) is 0 Å². The maximum absolute atomic E-state index is 12.8. The molecule has 0 amide bonds. The Morgan fingerprint density at radius 1 is 1.04 bits per heavy atom. The predicted molar refractivity (Wildman–Crippen MR) is 101 cm³/mol. The fraction of sp³-hybridized carbons (Fsp3) is 0.350. The van der Waals surface area contributed by atoms with Gasteiger partial charge in [0.2, 0.25) is 10.0 Å². The number of nitrogens with zero attached hydrogens (tertiary/aromatic N) is 1. The van der Waals surface area contributed by atoms with Crippen LogP contribution in [0.5, 0.6) is 11.5 Å². The predicted octanol–water partition coefficient (Wildman–Crippen LogP) is 3.40. The van der Waals surface area contributed by atoms with Crippen LogP contribution in [0.2, 0.25) is 0 Å². The highest BCUT2D eigenvalue weighted by molar-refractivity contribution is 7.89. The Balaban J connectivity index is 1.89. The van der Waals surface area contributed by atoms with E-state index in [1.807, 2.05) is 38.1 Å². The van der Waals surface area contributed by atoms with Gasteiger partial charge in [0.05, 0.1) is 29.7 Å². The number of nitrogens with one attached hydrogen (secondary N) is 1. The highest BCUT2D eigenvalue weighted by atomic mass is 32.2. The lowest BCUT2D eigenvalue weighted by atomic mass is 9.97. The van der Waals surface area contributed by atoms with Crippen molar-refractivity contribution in [1.82, 2.24) is 4.72 Å². The first kappa shape index (κ1) is 19.2. The average Bonchev–Trinajstić information content (AvgIpc) is 2.90. The first-order valence-corrected chi connectivity index (χ1v) is 10.3. The zero-order chi connectivity index (χ0) is 19.4. The van der Waals surface area contributed by atoms with E-state index in [0.717, 1.165) is 12.0 Å². The summed E-state index contributed by atoms with van der Waals surface area (Å²) >= 11 is 0. The van der Waals surface area contributed by atoms with Crippen molar-refractivity contribution in [2.24, 2.45) is 5.92 Å². The smallest absolute Gasteiger partial charge is 0.241 e. The van der Waals surface area contributed by atoms with Gasteiger partial charge >= 0.3 is 0 Å². The summed E-state index contributed by atoms with van der Waals surface area (Å²) in [5, 5.41) is 8.88. The molecule has 0 saturated heterocycles. The Hall–Kier alpha value is -2.56. The van der Waals surface area contributed by atoms with E-state index in [-0.39, 0.29) is 10.8 Å². The highest BCUT2D eigenvalue weighted by Crippen LogP contribution is 2.34. The molecule has 0 aromatic heterocycles. The monoisotopic (exact) mass is 386 g/mol. The zero-order valence-electron chi connectivity index (χ0n) is 15.3. The van der Waals surface area contributed by atoms with Crippen LogP contribution in [0.3, 0.4) is 0 Å². The molecule has 1 atom stereocenters. The van der Waals surface area contributed by atoms with Crippen LogP contribution in [0.1, 0.15) is 37.4 Å². The van der Waals surface area contributed by atoms with Crippen molar-refractivity contribution in [2.75, 3.05) is 13.2 Å². The topological polar surface area (TPSA) is 88.4 Å². The Morgan fingerprint density at radius 3 is 2.33 bits per heavy atom. The lowest BCUT2D eigenvalue weighted by Gasteiger charge is -2.23.